The van der Waals surface area contributed by atoms with Gasteiger partial charge in [-0.15, -0.1) is 38.0 Å². The fourth-order valence-corrected chi connectivity index (χ4v) is 3.57. The Morgan fingerprint density at radius 1 is 0.349 bits per heavy atom. The predicted octanol–water partition coefficient (Wildman–Crippen LogP) is 14.6. The summed E-state index contributed by atoms with van der Waals surface area (Å²) in [5.74, 6) is 0.833. The molecule has 0 atom stereocenters. The number of hydrogen-bond acceptors (Lipinski definition) is 0. The van der Waals surface area contributed by atoms with Crippen molar-refractivity contribution in [2.45, 2.75) is 211 Å². The molecule has 0 heterocycles. The second-order valence-corrected chi connectivity index (χ2v) is 12.2. The Morgan fingerprint density at radius 2 is 0.442 bits per heavy atom. The summed E-state index contributed by atoms with van der Waals surface area (Å²) >= 11 is 0. The molecule has 2 radical (unpaired) electrons. The Balaban J connectivity index is -0.0000000386. The Kier molecular flexibility index (Phi) is 93.8. The van der Waals surface area contributed by atoms with Crippen molar-refractivity contribution in [3.05, 3.63) is 51.0 Å². The van der Waals surface area contributed by atoms with Crippen LogP contribution in [0.5, 0.6) is 0 Å². The maximum atomic E-state index is 4.35. The quantitative estimate of drug-likeness (QED) is 0.218. The van der Waals surface area contributed by atoms with E-state index in [2.05, 4.69) is 111 Å². The molecule has 2 saturated carbocycles. The summed E-state index contributed by atoms with van der Waals surface area (Å²) < 4.78 is 0. The zero-order chi connectivity index (χ0) is 29.6. The van der Waals surface area contributed by atoms with E-state index in [9.17, 15) is 0 Å². The first-order valence-corrected chi connectivity index (χ1v) is 16.0. The monoisotopic (exact) mass is 865 g/mol. The molecule has 0 aromatic heterocycles. The Hall–Kier alpha value is 2.23. The van der Waals surface area contributed by atoms with Crippen molar-refractivity contribution in [3.63, 3.8) is 0 Å². The molecular formula is C37H86La2N4-8. The van der Waals surface area contributed by atoms with Crippen LogP contribution in [0.1, 0.15) is 174 Å². The van der Waals surface area contributed by atoms with Crippen molar-refractivity contribution in [2.24, 2.45) is 5.92 Å². The van der Waals surface area contributed by atoms with Crippen molar-refractivity contribution in [3.8, 4) is 0 Å². The third-order valence-electron chi connectivity index (χ3n) is 4.56. The fourth-order valence-electron chi connectivity index (χ4n) is 3.57. The molecule has 0 bridgehead atoms. The fraction of sp³-hybridized carbons (Fsp3) is 0.892. The van der Waals surface area contributed by atoms with Crippen LogP contribution < -0.4 is 0 Å². The minimum atomic E-state index is 0. The Bertz CT molecular complexity index is 315. The molecule has 2 aliphatic carbocycles. The van der Waals surface area contributed by atoms with Crippen LogP contribution in [0.15, 0.2) is 0 Å². The van der Waals surface area contributed by atoms with Crippen LogP contribution in [0.25, 0.3) is 21.3 Å². The van der Waals surface area contributed by atoms with E-state index in [4.69, 9.17) is 0 Å². The van der Waals surface area contributed by atoms with E-state index in [0.717, 1.165) is 5.92 Å². The van der Waals surface area contributed by atoms with Gasteiger partial charge < -0.3 is 51.0 Å². The van der Waals surface area contributed by atoms with Crippen LogP contribution in [0.3, 0.4) is 0 Å². The SMILES string of the molecule is C1CCCC1.C1CCCC1.CC(C)C.CC(C)[N-]C(C)[N-]C(C)C.CC(C)[N-]C(C)[N-]C(C)C.CCC.[CH3-].[CH3-].[CH3-].[CH3-].[La].[La]. The van der Waals surface area contributed by atoms with Crippen LogP contribution in [-0.4, -0.2) is 36.5 Å². The molecule has 0 aromatic carbocycles. The molecule has 6 heteroatoms. The normalized spacial score (nSPS) is 12.4. The smallest absolute Gasteiger partial charge is 0 e. The van der Waals surface area contributed by atoms with Crippen molar-refractivity contribution in [1.82, 2.24) is 0 Å². The molecule has 0 amide bonds. The predicted molar refractivity (Wildman–Crippen MR) is 201 cm³/mol. The van der Waals surface area contributed by atoms with Crippen LogP contribution in [0.4, 0.5) is 0 Å². The molecule has 0 aromatic rings. The standard InChI is InChI=1S/2C8H18N2.2C5H10.C4H10.C3H8.4CH3.2La/c2*1-6(2)9-8(5)10-7(3)4;2*1-2-4-5-3-1;1-4(2)3;1-3-2;;;;;;/h2*6-8H,1-5H3;2*1-5H2;4H,1-3H3;3H2,1-2H3;4*1H3;;/q2*-2;;;;;4*-1;;. The van der Waals surface area contributed by atoms with Gasteiger partial charge in [0.15, 0.2) is 0 Å². The summed E-state index contributed by atoms with van der Waals surface area (Å²) in [6, 6.07) is 1.60. The Morgan fingerprint density at radius 3 is 0.512 bits per heavy atom. The largest absolute Gasteiger partial charge is 0.676 e. The molecule has 2 fully saturated rings. The van der Waals surface area contributed by atoms with Gasteiger partial charge in [-0.2, -0.15) is 0 Å². The number of rotatable bonds is 8. The van der Waals surface area contributed by atoms with E-state index >= 15 is 0 Å². The third kappa shape index (κ3) is 99.0. The zero-order valence-corrected chi connectivity index (χ0v) is 41.0. The number of nitrogens with zero attached hydrogens (tertiary/aromatic N) is 4. The average molecular weight is 865 g/mol. The minimum absolute atomic E-state index is 0. The van der Waals surface area contributed by atoms with E-state index in [1.165, 1.54) is 70.6 Å². The van der Waals surface area contributed by atoms with Crippen LogP contribution in [-0.2, 0) is 0 Å². The number of hydrogen-bond donors (Lipinski definition) is 0. The molecule has 2 aliphatic rings. The van der Waals surface area contributed by atoms with E-state index in [-0.39, 0.29) is 113 Å². The molecule has 4 nitrogen and oxygen atoms in total. The summed E-state index contributed by atoms with van der Waals surface area (Å²) in [5.41, 5.74) is 0. The van der Waals surface area contributed by atoms with Gasteiger partial charge >= 0.3 is 0 Å². The summed E-state index contributed by atoms with van der Waals surface area (Å²) in [4.78, 5) is 0. The van der Waals surface area contributed by atoms with Crippen LogP contribution in [0, 0.1) is 107 Å². The third-order valence-corrected chi connectivity index (χ3v) is 4.56. The molecule has 0 spiro atoms. The molecule has 0 N–H and O–H groups in total. The van der Waals surface area contributed by atoms with Gasteiger partial charge in [0.05, 0.1) is 0 Å². The van der Waals surface area contributed by atoms with E-state index < -0.39 is 0 Å². The Labute approximate surface area is 335 Å². The molecule has 43 heavy (non-hydrogen) atoms. The van der Waals surface area contributed by atoms with Gasteiger partial charge in [-0.05, 0) is 5.92 Å². The first-order valence-electron chi connectivity index (χ1n) is 16.0. The van der Waals surface area contributed by atoms with Gasteiger partial charge in [-0.1, -0.05) is 161 Å². The first-order chi connectivity index (χ1) is 17.2. The van der Waals surface area contributed by atoms with Gasteiger partial charge in [-0.25, -0.2) is 12.3 Å². The van der Waals surface area contributed by atoms with E-state index in [1.807, 2.05) is 13.8 Å². The molecule has 0 aliphatic heterocycles. The summed E-state index contributed by atoms with van der Waals surface area (Å²) in [7, 11) is 0. The van der Waals surface area contributed by atoms with Gasteiger partial charge in [-0.3, -0.25) is 0 Å². The maximum absolute atomic E-state index is 4.35. The molecular weight excluding hydrogens is 778 g/mol. The van der Waals surface area contributed by atoms with Gasteiger partial charge in [0.2, 0.25) is 0 Å². The molecule has 268 valence electrons. The van der Waals surface area contributed by atoms with Crippen molar-refractivity contribution < 1.29 is 71.2 Å². The van der Waals surface area contributed by atoms with Crippen molar-refractivity contribution >= 4 is 0 Å². The molecule has 0 unspecified atom stereocenters. The zero-order valence-electron chi connectivity index (χ0n) is 33.8. The van der Waals surface area contributed by atoms with Gasteiger partial charge in [0, 0.05) is 71.2 Å². The van der Waals surface area contributed by atoms with Crippen molar-refractivity contribution in [1.29, 1.82) is 0 Å². The summed E-state index contributed by atoms with van der Waals surface area (Å²) in [6.45, 7) is 31.4. The molecule has 2 rings (SSSR count). The van der Waals surface area contributed by atoms with E-state index in [0.29, 0.717) is 24.2 Å². The minimum Gasteiger partial charge on any atom is -0.676 e. The van der Waals surface area contributed by atoms with Crippen LogP contribution >= 0.6 is 0 Å². The summed E-state index contributed by atoms with van der Waals surface area (Å²) in [5, 5.41) is 17.4. The average Bonchev–Trinajstić information content (AvgIpc) is 3.46. The second-order valence-electron chi connectivity index (χ2n) is 12.2. The van der Waals surface area contributed by atoms with Crippen LogP contribution in [0.2, 0.25) is 0 Å². The van der Waals surface area contributed by atoms with Gasteiger partial charge in [0.25, 0.3) is 0 Å². The first kappa shape index (κ1) is 71.3. The second kappa shape index (κ2) is 56.6. The van der Waals surface area contributed by atoms with Crippen molar-refractivity contribution in [2.75, 3.05) is 0 Å². The maximum Gasteiger partial charge on any atom is 0 e. The molecule has 0 saturated heterocycles. The summed E-state index contributed by atoms with van der Waals surface area (Å²) in [6.07, 6.45) is 16.6. The topological polar surface area (TPSA) is 56.4 Å². The van der Waals surface area contributed by atoms with Gasteiger partial charge in [0.1, 0.15) is 0 Å². The van der Waals surface area contributed by atoms with E-state index in [1.54, 1.807) is 0 Å².